The molecule has 1 unspecified atom stereocenters. The van der Waals surface area contributed by atoms with Gasteiger partial charge < -0.3 is 5.11 Å². The zero-order chi connectivity index (χ0) is 12.0. The van der Waals surface area contributed by atoms with E-state index >= 15 is 0 Å². The molecule has 0 fully saturated rings. The van der Waals surface area contributed by atoms with Crippen LogP contribution in [-0.4, -0.2) is 31.9 Å². The summed E-state index contributed by atoms with van der Waals surface area (Å²) in [5.41, 5.74) is 1.08. The molecule has 0 saturated carbocycles. The Morgan fingerprint density at radius 2 is 1.94 bits per heavy atom. The Labute approximate surface area is 96.4 Å². The Bertz CT molecular complexity index is 402. The number of aliphatic hydroxyl groups is 1. The number of benzene rings is 1. The highest BCUT2D eigenvalue weighted by molar-refractivity contribution is 7.89. The maximum Gasteiger partial charge on any atom is 0.214 e. The molecule has 1 rings (SSSR count). The maximum atomic E-state index is 11.4. The van der Waals surface area contributed by atoms with Crippen LogP contribution in [0, 0.1) is 0 Å². The molecule has 2 N–H and O–H groups in total. The topological polar surface area (TPSA) is 66.4 Å². The first-order valence-corrected chi connectivity index (χ1v) is 6.83. The van der Waals surface area contributed by atoms with Crippen LogP contribution in [0.4, 0.5) is 0 Å². The summed E-state index contributed by atoms with van der Waals surface area (Å²) < 4.78 is 25.2. The zero-order valence-corrected chi connectivity index (χ0v) is 10.1. The Hall–Kier alpha value is -0.910. The fourth-order valence-corrected chi connectivity index (χ4v) is 2.55. The monoisotopic (exact) mass is 243 g/mol. The maximum absolute atomic E-state index is 11.4. The minimum Gasteiger partial charge on any atom is -0.395 e. The average molecular weight is 243 g/mol. The van der Waals surface area contributed by atoms with E-state index in [0.29, 0.717) is 6.42 Å². The van der Waals surface area contributed by atoms with Crippen molar-refractivity contribution in [1.29, 1.82) is 0 Å². The molecule has 1 aromatic carbocycles. The molecule has 5 heteroatoms. The van der Waals surface area contributed by atoms with Gasteiger partial charge in [0.25, 0.3) is 0 Å². The standard InChI is InChI=1S/C11H17NO3S/c1-10(12-16(14,15)8-7-13)9-11-5-3-2-4-6-11/h2-6,10,12-13H,7-9H2,1H3. The molecule has 0 radical (unpaired) electrons. The average Bonchev–Trinajstić information content (AvgIpc) is 2.17. The van der Waals surface area contributed by atoms with Gasteiger partial charge in [0.1, 0.15) is 0 Å². The van der Waals surface area contributed by atoms with Crippen molar-refractivity contribution in [2.24, 2.45) is 0 Å². The third-order valence-electron chi connectivity index (χ3n) is 2.13. The number of hydrogen-bond donors (Lipinski definition) is 2. The molecule has 1 atom stereocenters. The lowest BCUT2D eigenvalue weighted by Crippen LogP contribution is -2.36. The summed E-state index contributed by atoms with van der Waals surface area (Å²) >= 11 is 0. The van der Waals surface area contributed by atoms with Crippen LogP contribution in [0.2, 0.25) is 0 Å². The van der Waals surface area contributed by atoms with Gasteiger partial charge in [-0.25, -0.2) is 13.1 Å². The summed E-state index contributed by atoms with van der Waals surface area (Å²) in [5, 5.41) is 8.59. The van der Waals surface area contributed by atoms with Gasteiger partial charge >= 0.3 is 0 Å². The Balaban J connectivity index is 2.51. The van der Waals surface area contributed by atoms with Gasteiger partial charge in [-0.1, -0.05) is 30.3 Å². The zero-order valence-electron chi connectivity index (χ0n) is 9.26. The number of aliphatic hydroxyl groups excluding tert-OH is 1. The SMILES string of the molecule is CC(Cc1ccccc1)NS(=O)(=O)CCO. The lowest BCUT2D eigenvalue weighted by Gasteiger charge is -2.13. The second-order valence-electron chi connectivity index (χ2n) is 3.75. The Morgan fingerprint density at radius 1 is 1.31 bits per heavy atom. The van der Waals surface area contributed by atoms with Crippen LogP contribution in [0.15, 0.2) is 30.3 Å². The number of nitrogens with one attached hydrogen (secondary N) is 1. The van der Waals surface area contributed by atoms with Gasteiger partial charge in [-0.05, 0) is 18.9 Å². The van der Waals surface area contributed by atoms with Crippen molar-refractivity contribution in [2.75, 3.05) is 12.4 Å². The van der Waals surface area contributed by atoms with E-state index in [1.165, 1.54) is 0 Å². The minimum atomic E-state index is -3.35. The summed E-state index contributed by atoms with van der Waals surface area (Å²) in [4.78, 5) is 0. The summed E-state index contributed by atoms with van der Waals surface area (Å²) in [6.45, 7) is 1.45. The third kappa shape index (κ3) is 4.74. The van der Waals surface area contributed by atoms with Gasteiger partial charge in [0.2, 0.25) is 10.0 Å². The van der Waals surface area contributed by atoms with E-state index in [2.05, 4.69) is 4.72 Å². The molecule has 4 nitrogen and oxygen atoms in total. The molecule has 0 heterocycles. The molecule has 0 aliphatic heterocycles. The molecule has 1 aromatic rings. The van der Waals surface area contributed by atoms with E-state index in [0.717, 1.165) is 5.56 Å². The second-order valence-corrected chi connectivity index (χ2v) is 5.62. The fraction of sp³-hybridized carbons (Fsp3) is 0.455. The van der Waals surface area contributed by atoms with Gasteiger partial charge in [-0.3, -0.25) is 0 Å². The van der Waals surface area contributed by atoms with E-state index < -0.39 is 10.0 Å². The Morgan fingerprint density at radius 3 is 2.50 bits per heavy atom. The van der Waals surface area contributed by atoms with Crippen LogP contribution in [0.25, 0.3) is 0 Å². The first kappa shape index (κ1) is 13.2. The summed E-state index contributed by atoms with van der Waals surface area (Å²) in [5.74, 6) is -0.244. The van der Waals surface area contributed by atoms with Crippen molar-refractivity contribution in [2.45, 2.75) is 19.4 Å². The van der Waals surface area contributed by atoms with Crippen LogP contribution < -0.4 is 4.72 Å². The summed E-state index contributed by atoms with van der Waals surface area (Å²) in [7, 11) is -3.35. The molecule has 0 spiro atoms. The predicted molar refractivity (Wildman–Crippen MR) is 63.6 cm³/mol. The van der Waals surface area contributed by atoms with Gasteiger partial charge in [0.15, 0.2) is 0 Å². The first-order valence-electron chi connectivity index (χ1n) is 5.18. The number of sulfonamides is 1. The lowest BCUT2D eigenvalue weighted by molar-refractivity contribution is 0.319. The van der Waals surface area contributed by atoms with E-state index in [4.69, 9.17) is 5.11 Å². The Kier molecular flexibility index (Phi) is 4.92. The molecular weight excluding hydrogens is 226 g/mol. The highest BCUT2D eigenvalue weighted by Crippen LogP contribution is 2.03. The second kappa shape index (κ2) is 5.98. The van der Waals surface area contributed by atoms with Crippen LogP contribution in [0.1, 0.15) is 12.5 Å². The summed E-state index contributed by atoms with van der Waals surface area (Å²) in [6, 6.07) is 9.51. The molecule has 0 bridgehead atoms. The third-order valence-corrected chi connectivity index (χ3v) is 3.61. The van der Waals surface area contributed by atoms with Crippen molar-refractivity contribution < 1.29 is 13.5 Å². The van der Waals surface area contributed by atoms with E-state index in [1.54, 1.807) is 0 Å². The van der Waals surface area contributed by atoms with Crippen molar-refractivity contribution in [3.8, 4) is 0 Å². The highest BCUT2D eigenvalue weighted by Gasteiger charge is 2.13. The van der Waals surface area contributed by atoms with Crippen LogP contribution in [-0.2, 0) is 16.4 Å². The van der Waals surface area contributed by atoms with Crippen molar-refractivity contribution in [3.63, 3.8) is 0 Å². The number of hydrogen-bond acceptors (Lipinski definition) is 3. The van der Waals surface area contributed by atoms with Crippen LogP contribution in [0.3, 0.4) is 0 Å². The minimum absolute atomic E-state index is 0.168. The smallest absolute Gasteiger partial charge is 0.214 e. The normalized spacial score (nSPS) is 13.6. The molecule has 16 heavy (non-hydrogen) atoms. The van der Waals surface area contributed by atoms with E-state index in [-0.39, 0.29) is 18.4 Å². The largest absolute Gasteiger partial charge is 0.395 e. The first-order chi connectivity index (χ1) is 7.53. The molecule has 0 aromatic heterocycles. The van der Waals surface area contributed by atoms with Crippen molar-refractivity contribution in [1.82, 2.24) is 4.72 Å². The molecule has 0 saturated heterocycles. The highest BCUT2D eigenvalue weighted by atomic mass is 32.2. The van der Waals surface area contributed by atoms with Crippen LogP contribution >= 0.6 is 0 Å². The van der Waals surface area contributed by atoms with E-state index in [1.807, 2.05) is 37.3 Å². The quantitative estimate of drug-likeness (QED) is 0.766. The van der Waals surface area contributed by atoms with Gasteiger partial charge in [0.05, 0.1) is 12.4 Å². The lowest BCUT2D eigenvalue weighted by atomic mass is 10.1. The van der Waals surface area contributed by atoms with Crippen molar-refractivity contribution in [3.05, 3.63) is 35.9 Å². The van der Waals surface area contributed by atoms with Gasteiger partial charge in [0, 0.05) is 6.04 Å². The van der Waals surface area contributed by atoms with Crippen molar-refractivity contribution >= 4 is 10.0 Å². The van der Waals surface area contributed by atoms with Crippen LogP contribution in [0.5, 0.6) is 0 Å². The molecular formula is C11H17NO3S. The van der Waals surface area contributed by atoms with Gasteiger partial charge in [-0.2, -0.15) is 0 Å². The predicted octanol–water partition coefficient (Wildman–Crippen LogP) is 0.529. The van der Waals surface area contributed by atoms with Gasteiger partial charge in [-0.15, -0.1) is 0 Å². The molecule has 0 aliphatic rings. The summed E-state index contributed by atoms with van der Waals surface area (Å²) in [6.07, 6.45) is 0.644. The number of rotatable bonds is 6. The molecule has 90 valence electrons. The molecule has 0 aliphatic carbocycles. The fourth-order valence-electron chi connectivity index (χ4n) is 1.49. The molecule has 0 amide bonds. The van der Waals surface area contributed by atoms with E-state index in [9.17, 15) is 8.42 Å².